The van der Waals surface area contributed by atoms with E-state index in [9.17, 15) is 26.4 Å². The fraction of sp³-hybridized carbons (Fsp3) is 0.133. The van der Waals surface area contributed by atoms with Crippen molar-refractivity contribution in [1.29, 1.82) is 0 Å². The van der Waals surface area contributed by atoms with Crippen LogP contribution < -0.4 is 10.0 Å². The van der Waals surface area contributed by atoms with Crippen LogP contribution in [0.25, 0.3) is 0 Å². The number of hydrogen-bond donors (Lipinski definition) is 2. The van der Waals surface area contributed by atoms with E-state index in [1.54, 1.807) is 0 Å². The summed E-state index contributed by atoms with van der Waals surface area (Å²) in [6.45, 7) is 0. The molecule has 1 amide bonds. The molecule has 0 radical (unpaired) electrons. The van der Waals surface area contributed by atoms with Crippen molar-refractivity contribution in [2.45, 2.75) is 6.18 Å². The maximum absolute atomic E-state index is 12.7. The normalized spacial score (nSPS) is 11.8. The van der Waals surface area contributed by atoms with E-state index in [0.717, 1.165) is 18.4 Å². The fourth-order valence-corrected chi connectivity index (χ4v) is 2.47. The molecule has 0 aliphatic carbocycles. The van der Waals surface area contributed by atoms with Crippen LogP contribution in [0.3, 0.4) is 0 Å². The number of carbonyl (C=O) groups excluding carboxylic acids is 1. The van der Waals surface area contributed by atoms with Crippen molar-refractivity contribution in [3.8, 4) is 0 Å². The van der Waals surface area contributed by atoms with E-state index in [-0.39, 0.29) is 16.9 Å². The Morgan fingerprint density at radius 3 is 2.25 bits per heavy atom. The van der Waals surface area contributed by atoms with Gasteiger partial charge in [-0.05, 0) is 36.4 Å². The van der Waals surface area contributed by atoms with Gasteiger partial charge in [0.1, 0.15) is 0 Å². The number of halogens is 3. The number of amides is 1. The smallest absolute Gasteiger partial charge is 0.322 e. The van der Waals surface area contributed by atoms with Gasteiger partial charge in [0.05, 0.1) is 11.8 Å². The van der Waals surface area contributed by atoms with Gasteiger partial charge in [0.25, 0.3) is 5.91 Å². The first-order valence-electron chi connectivity index (χ1n) is 6.61. The zero-order chi connectivity index (χ0) is 18.0. The van der Waals surface area contributed by atoms with Gasteiger partial charge in [0.2, 0.25) is 10.0 Å². The first kappa shape index (κ1) is 17.8. The Balaban J connectivity index is 2.20. The molecule has 0 unspecified atom stereocenters. The van der Waals surface area contributed by atoms with E-state index in [4.69, 9.17) is 0 Å². The van der Waals surface area contributed by atoms with Gasteiger partial charge >= 0.3 is 6.18 Å². The van der Waals surface area contributed by atoms with Crippen molar-refractivity contribution >= 4 is 27.3 Å². The van der Waals surface area contributed by atoms with Crippen molar-refractivity contribution in [1.82, 2.24) is 0 Å². The summed E-state index contributed by atoms with van der Waals surface area (Å²) in [5, 5.41) is 2.34. The number of nitrogens with one attached hydrogen (secondary N) is 2. The number of carbonyl (C=O) groups is 1. The fourth-order valence-electron chi connectivity index (χ4n) is 1.91. The third kappa shape index (κ3) is 4.98. The molecule has 0 spiro atoms. The minimum Gasteiger partial charge on any atom is -0.322 e. The predicted molar refractivity (Wildman–Crippen MR) is 84.3 cm³/mol. The Kier molecular flexibility index (Phi) is 4.83. The minimum atomic E-state index is -4.51. The van der Waals surface area contributed by atoms with Crippen LogP contribution in [0.1, 0.15) is 15.9 Å². The number of rotatable bonds is 4. The Morgan fingerprint density at radius 1 is 1.00 bits per heavy atom. The van der Waals surface area contributed by atoms with E-state index in [2.05, 4.69) is 10.0 Å². The van der Waals surface area contributed by atoms with Gasteiger partial charge < -0.3 is 5.32 Å². The summed E-state index contributed by atoms with van der Waals surface area (Å²) in [6.07, 6.45) is -3.55. The van der Waals surface area contributed by atoms with Gasteiger partial charge in [-0.15, -0.1) is 0 Å². The SMILES string of the molecule is CS(=O)(=O)Nc1cccc(C(=O)Nc2cccc(C(F)(F)F)c2)c1. The molecule has 0 saturated carbocycles. The van der Waals surface area contributed by atoms with Gasteiger partial charge in [0, 0.05) is 16.9 Å². The molecule has 24 heavy (non-hydrogen) atoms. The minimum absolute atomic E-state index is 0.0173. The number of anilines is 2. The Hall–Kier alpha value is -2.55. The van der Waals surface area contributed by atoms with Crippen LogP contribution in [-0.2, 0) is 16.2 Å². The molecule has 2 N–H and O–H groups in total. The van der Waals surface area contributed by atoms with Crippen molar-refractivity contribution < 1.29 is 26.4 Å². The largest absolute Gasteiger partial charge is 0.416 e. The van der Waals surface area contributed by atoms with Crippen LogP contribution in [-0.4, -0.2) is 20.6 Å². The molecular formula is C15H13F3N2O3S. The highest BCUT2D eigenvalue weighted by Crippen LogP contribution is 2.30. The van der Waals surface area contributed by atoms with Crippen molar-refractivity contribution in [2.75, 3.05) is 16.3 Å². The molecule has 0 saturated heterocycles. The molecule has 0 atom stereocenters. The third-order valence-corrected chi connectivity index (χ3v) is 3.48. The van der Waals surface area contributed by atoms with E-state index in [1.807, 2.05) is 0 Å². The lowest BCUT2D eigenvalue weighted by Gasteiger charge is -2.10. The highest BCUT2D eigenvalue weighted by molar-refractivity contribution is 7.92. The van der Waals surface area contributed by atoms with Crippen molar-refractivity contribution in [3.63, 3.8) is 0 Å². The van der Waals surface area contributed by atoms with Crippen LogP contribution >= 0.6 is 0 Å². The first-order valence-corrected chi connectivity index (χ1v) is 8.50. The Bertz CT molecular complexity index is 864. The molecule has 0 heterocycles. The van der Waals surface area contributed by atoms with Crippen molar-refractivity contribution in [2.24, 2.45) is 0 Å². The zero-order valence-electron chi connectivity index (χ0n) is 12.4. The molecular weight excluding hydrogens is 345 g/mol. The van der Waals surface area contributed by atoms with Crippen LogP contribution in [0.4, 0.5) is 24.5 Å². The van der Waals surface area contributed by atoms with Gasteiger partial charge in [-0.3, -0.25) is 9.52 Å². The number of hydrogen-bond acceptors (Lipinski definition) is 3. The third-order valence-electron chi connectivity index (χ3n) is 2.88. The lowest BCUT2D eigenvalue weighted by molar-refractivity contribution is -0.137. The van der Waals surface area contributed by atoms with E-state index in [1.165, 1.54) is 36.4 Å². The predicted octanol–water partition coefficient (Wildman–Crippen LogP) is 3.33. The van der Waals surface area contributed by atoms with Crippen LogP contribution in [0, 0.1) is 0 Å². The number of alkyl halides is 3. The molecule has 0 aliphatic heterocycles. The molecule has 128 valence electrons. The van der Waals surface area contributed by atoms with Crippen LogP contribution in [0.2, 0.25) is 0 Å². The maximum atomic E-state index is 12.7. The van der Waals surface area contributed by atoms with Crippen LogP contribution in [0.5, 0.6) is 0 Å². The lowest BCUT2D eigenvalue weighted by Crippen LogP contribution is -2.14. The molecule has 9 heteroatoms. The second kappa shape index (κ2) is 6.52. The summed E-state index contributed by atoms with van der Waals surface area (Å²) in [6, 6.07) is 9.81. The topological polar surface area (TPSA) is 75.3 Å². The summed E-state index contributed by atoms with van der Waals surface area (Å²) in [4.78, 5) is 12.1. The molecule has 5 nitrogen and oxygen atoms in total. The molecule has 0 bridgehead atoms. The molecule has 2 aromatic rings. The van der Waals surface area contributed by atoms with E-state index in [0.29, 0.717) is 0 Å². The van der Waals surface area contributed by atoms with Gasteiger partial charge in [-0.25, -0.2) is 8.42 Å². The average Bonchev–Trinajstić information content (AvgIpc) is 2.45. The van der Waals surface area contributed by atoms with Gasteiger partial charge in [-0.2, -0.15) is 13.2 Å². The first-order chi connectivity index (χ1) is 11.0. The summed E-state index contributed by atoms with van der Waals surface area (Å²) in [7, 11) is -3.51. The summed E-state index contributed by atoms with van der Waals surface area (Å²) in [5.74, 6) is -0.661. The second-order valence-electron chi connectivity index (χ2n) is 4.99. The lowest BCUT2D eigenvalue weighted by atomic mass is 10.1. The highest BCUT2D eigenvalue weighted by Gasteiger charge is 2.30. The standard InChI is InChI=1S/C15H13F3N2O3S/c1-24(22,23)20-13-7-2-4-10(8-13)14(21)19-12-6-3-5-11(9-12)15(16,17)18/h2-9,20H,1H3,(H,19,21). The highest BCUT2D eigenvalue weighted by atomic mass is 32.2. The van der Waals surface area contributed by atoms with Gasteiger partial charge in [0.15, 0.2) is 0 Å². The van der Waals surface area contributed by atoms with E-state index < -0.39 is 27.7 Å². The van der Waals surface area contributed by atoms with Crippen LogP contribution in [0.15, 0.2) is 48.5 Å². The summed E-state index contributed by atoms with van der Waals surface area (Å²) in [5.41, 5.74) is -0.626. The zero-order valence-corrected chi connectivity index (χ0v) is 13.2. The summed E-state index contributed by atoms with van der Waals surface area (Å²) >= 11 is 0. The molecule has 2 aromatic carbocycles. The number of benzene rings is 2. The Morgan fingerprint density at radius 2 is 1.62 bits per heavy atom. The molecule has 0 aromatic heterocycles. The van der Waals surface area contributed by atoms with E-state index >= 15 is 0 Å². The van der Waals surface area contributed by atoms with Crippen molar-refractivity contribution in [3.05, 3.63) is 59.7 Å². The summed E-state index contributed by atoms with van der Waals surface area (Å²) < 4.78 is 62.6. The quantitative estimate of drug-likeness (QED) is 0.880. The average molecular weight is 358 g/mol. The second-order valence-corrected chi connectivity index (χ2v) is 6.74. The monoisotopic (exact) mass is 358 g/mol. The molecule has 2 rings (SSSR count). The number of sulfonamides is 1. The Labute approximate surface area is 136 Å². The molecule has 0 aliphatic rings. The van der Waals surface area contributed by atoms with Gasteiger partial charge in [-0.1, -0.05) is 12.1 Å². The molecule has 0 fully saturated rings. The maximum Gasteiger partial charge on any atom is 0.416 e.